The number of morpholine rings is 1. The molecule has 3 heterocycles. The summed E-state index contributed by atoms with van der Waals surface area (Å²) in [6.45, 7) is 7.21. The lowest BCUT2D eigenvalue weighted by Gasteiger charge is -2.27. The predicted molar refractivity (Wildman–Crippen MR) is 123 cm³/mol. The zero-order chi connectivity index (χ0) is 20.9. The summed E-state index contributed by atoms with van der Waals surface area (Å²) >= 11 is 1.46. The van der Waals surface area contributed by atoms with Crippen molar-refractivity contribution in [2.24, 2.45) is 12.0 Å². The van der Waals surface area contributed by atoms with Crippen LogP contribution in [0.1, 0.15) is 17.8 Å². The van der Waals surface area contributed by atoms with E-state index in [1.807, 2.05) is 54.4 Å². The summed E-state index contributed by atoms with van der Waals surface area (Å²) < 4.78 is 7.52. The Labute approximate surface area is 182 Å². The molecule has 2 aromatic rings. The summed E-state index contributed by atoms with van der Waals surface area (Å²) in [5, 5.41) is 0.755. The van der Waals surface area contributed by atoms with Crippen molar-refractivity contribution in [1.82, 2.24) is 14.4 Å². The molecule has 0 N–H and O–H groups in total. The van der Waals surface area contributed by atoms with Gasteiger partial charge in [-0.05, 0) is 55.4 Å². The summed E-state index contributed by atoms with van der Waals surface area (Å²) in [4.78, 5) is 23.0. The largest absolute Gasteiger partial charge is 0.379 e. The maximum absolute atomic E-state index is 13.2. The number of hydrogen-bond donors (Lipinski definition) is 0. The summed E-state index contributed by atoms with van der Waals surface area (Å²) in [7, 11) is 2.02. The molecule has 0 radical (unpaired) electrons. The number of ether oxygens (including phenoxy) is 1. The first-order valence-corrected chi connectivity index (χ1v) is 11.2. The fraction of sp³-hybridized carbons (Fsp3) is 0.391. The number of aromatic nitrogens is 1. The molecule has 2 aliphatic rings. The Kier molecular flexibility index (Phi) is 6.72. The van der Waals surface area contributed by atoms with Crippen LogP contribution in [0.4, 0.5) is 5.69 Å². The van der Waals surface area contributed by atoms with Crippen molar-refractivity contribution in [1.29, 1.82) is 0 Å². The molecule has 7 heteroatoms. The van der Waals surface area contributed by atoms with Crippen molar-refractivity contribution in [2.75, 3.05) is 39.4 Å². The summed E-state index contributed by atoms with van der Waals surface area (Å²) in [5.41, 5.74) is 3.05. The van der Waals surface area contributed by atoms with Crippen molar-refractivity contribution in [3.8, 4) is 0 Å². The standard InChI is InChI=1S/C23H28N4O2S/c1-18-9-10-20(25(18)2)17-21-22(28)27(12-6-11-26-13-15-29-16-14-26)23(30-21)24-19-7-4-3-5-8-19/h3-5,7-10,17H,6,11-16H2,1-2H3/b21-17-,24-23?. The average Bonchev–Trinajstić information content (AvgIpc) is 3.23. The van der Waals surface area contributed by atoms with E-state index in [1.165, 1.54) is 11.8 Å². The van der Waals surface area contributed by atoms with E-state index >= 15 is 0 Å². The molecular weight excluding hydrogens is 396 g/mol. The molecule has 158 valence electrons. The summed E-state index contributed by atoms with van der Waals surface area (Å²) in [5.74, 6) is 0.0375. The van der Waals surface area contributed by atoms with Crippen LogP contribution >= 0.6 is 11.8 Å². The molecule has 0 spiro atoms. The zero-order valence-corrected chi connectivity index (χ0v) is 18.4. The average molecular weight is 425 g/mol. The van der Waals surface area contributed by atoms with Crippen LogP contribution in [0.2, 0.25) is 0 Å². The number of amides is 1. The topological polar surface area (TPSA) is 50.1 Å². The second-order valence-corrected chi connectivity index (χ2v) is 8.57. The molecule has 0 aliphatic carbocycles. The molecule has 2 saturated heterocycles. The lowest BCUT2D eigenvalue weighted by molar-refractivity contribution is -0.122. The number of para-hydroxylation sites is 1. The van der Waals surface area contributed by atoms with E-state index in [-0.39, 0.29) is 5.91 Å². The third kappa shape index (κ3) is 4.86. The van der Waals surface area contributed by atoms with Gasteiger partial charge in [0.2, 0.25) is 0 Å². The first-order valence-electron chi connectivity index (χ1n) is 10.4. The lowest BCUT2D eigenvalue weighted by Crippen LogP contribution is -2.38. The molecule has 0 bridgehead atoms. The quantitative estimate of drug-likeness (QED) is 0.664. The van der Waals surface area contributed by atoms with Crippen LogP contribution in [-0.2, 0) is 16.6 Å². The molecule has 2 fully saturated rings. The Balaban J connectivity index is 1.53. The molecule has 2 aliphatic heterocycles. The third-order valence-corrected chi connectivity index (χ3v) is 6.53. The van der Waals surface area contributed by atoms with Gasteiger partial charge in [-0.2, -0.15) is 0 Å². The number of aryl methyl sites for hydroxylation is 1. The van der Waals surface area contributed by atoms with Gasteiger partial charge in [-0.25, -0.2) is 4.99 Å². The predicted octanol–water partition coefficient (Wildman–Crippen LogP) is 3.66. The molecule has 0 unspecified atom stereocenters. The Morgan fingerprint density at radius 3 is 2.57 bits per heavy atom. The Bertz CT molecular complexity index is 945. The van der Waals surface area contributed by atoms with Gasteiger partial charge in [0.15, 0.2) is 5.17 Å². The fourth-order valence-corrected chi connectivity index (χ4v) is 4.60. The van der Waals surface area contributed by atoms with E-state index in [0.717, 1.165) is 66.4 Å². The minimum Gasteiger partial charge on any atom is -0.379 e. The van der Waals surface area contributed by atoms with Crippen molar-refractivity contribution >= 4 is 34.6 Å². The Morgan fingerprint density at radius 1 is 1.10 bits per heavy atom. The van der Waals surface area contributed by atoms with Gasteiger partial charge >= 0.3 is 0 Å². The number of amidine groups is 1. The molecule has 6 nitrogen and oxygen atoms in total. The minimum absolute atomic E-state index is 0.0375. The van der Waals surface area contributed by atoms with Crippen molar-refractivity contribution in [3.63, 3.8) is 0 Å². The van der Waals surface area contributed by atoms with Gasteiger partial charge in [0, 0.05) is 44.6 Å². The third-order valence-electron chi connectivity index (χ3n) is 5.52. The maximum atomic E-state index is 13.2. The number of rotatable bonds is 6. The van der Waals surface area contributed by atoms with E-state index in [9.17, 15) is 4.79 Å². The van der Waals surface area contributed by atoms with Crippen LogP contribution in [0.15, 0.2) is 52.4 Å². The van der Waals surface area contributed by atoms with Gasteiger partial charge in [0.25, 0.3) is 5.91 Å². The van der Waals surface area contributed by atoms with E-state index in [4.69, 9.17) is 9.73 Å². The highest BCUT2D eigenvalue weighted by atomic mass is 32.2. The lowest BCUT2D eigenvalue weighted by atomic mass is 10.3. The van der Waals surface area contributed by atoms with E-state index in [0.29, 0.717) is 6.54 Å². The smallest absolute Gasteiger partial charge is 0.266 e. The zero-order valence-electron chi connectivity index (χ0n) is 17.6. The Hall–Kier alpha value is -2.35. The highest BCUT2D eigenvalue weighted by Crippen LogP contribution is 2.34. The summed E-state index contributed by atoms with van der Waals surface area (Å²) in [6, 6.07) is 13.9. The normalized spacial score (nSPS) is 20.6. The number of benzene rings is 1. The van der Waals surface area contributed by atoms with Crippen LogP contribution in [0.3, 0.4) is 0 Å². The molecule has 30 heavy (non-hydrogen) atoms. The highest BCUT2D eigenvalue weighted by Gasteiger charge is 2.33. The molecular formula is C23H28N4O2S. The van der Waals surface area contributed by atoms with Crippen LogP contribution in [0.25, 0.3) is 6.08 Å². The van der Waals surface area contributed by atoms with Crippen molar-refractivity contribution in [3.05, 3.63) is 58.8 Å². The van der Waals surface area contributed by atoms with Gasteiger partial charge < -0.3 is 9.30 Å². The van der Waals surface area contributed by atoms with Gasteiger partial charge in [0.1, 0.15) is 0 Å². The number of thioether (sulfide) groups is 1. The van der Waals surface area contributed by atoms with Crippen molar-refractivity contribution < 1.29 is 9.53 Å². The second kappa shape index (κ2) is 9.64. The number of aliphatic imine (C=N–C) groups is 1. The first-order chi connectivity index (χ1) is 14.6. The van der Waals surface area contributed by atoms with Crippen LogP contribution in [-0.4, -0.2) is 64.8 Å². The van der Waals surface area contributed by atoms with E-state index < -0.39 is 0 Å². The van der Waals surface area contributed by atoms with Gasteiger partial charge in [-0.15, -0.1) is 0 Å². The SMILES string of the molecule is Cc1ccc(/C=C2\SC(=Nc3ccccc3)N(CCCN3CCOCC3)C2=O)n1C. The molecule has 0 atom stereocenters. The fourth-order valence-electron chi connectivity index (χ4n) is 3.59. The molecule has 4 rings (SSSR count). The first kappa shape index (κ1) is 20.9. The monoisotopic (exact) mass is 424 g/mol. The molecule has 0 saturated carbocycles. The summed E-state index contributed by atoms with van der Waals surface area (Å²) in [6.07, 6.45) is 2.89. The van der Waals surface area contributed by atoms with Crippen LogP contribution < -0.4 is 0 Å². The number of nitrogens with zero attached hydrogens (tertiary/aromatic N) is 4. The van der Waals surface area contributed by atoms with Crippen molar-refractivity contribution in [2.45, 2.75) is 13.3 Å². The molecule has 1 aromatic heterocycles. The van der Waals surface area contributed by atoms with Gasteiger partial charge in [0.05, 0.1) is 23.8 Å². The molecule has 1 amide bonds. The van der Waals surface area contributed by atoms with Gasteiger partial charge in [-0.1, -0.05) is 18.2 Å². The van der Waals surface area contributed by atoms with Crippen LogP contribution in [0, 0.1) is 6.92 Å². The number of carbonyl (C=O) groups is 1. The van der Waals surface area contributed by atoms with E-state index in [1.54, 1.807) is 0 Å². The maximum Gasteiger partial charge on any atom is 0.266 e. The Morgan fingerprint density at radius 2 is 1.87 bits per heavy atom. The van der Waals surface area contributed by atoms with E-state index in [2.05, 4.69) is 22.5 Å². The molecule has 1 aromatic carbocycles. The minimum atomic E-state index is 0.0375. The number of hydrogen-bond acceptors (Lipinski definition) is 5. The van der Waals surface area contributed by atoms with Gasteiger partial charge in [-0.3, -0.25) is 14.6 Å². The second-order valence-electron chi connectivity index (χ2n) is 7.56. The number of carbonyl (C=O) groups excluding carboxylic acids is 1. The highest BCUT2D eigenvalue weighted by molar-refractivity contribution is 8.18. The van der Waals surface area contributed by atoms with Crippen LogP contribution in [0.5, 0.6) is 0 Å².